The Balaban J connectivity index is 0.00000180. The molecule has 1 atom stereocenters. The first-order chi connectivity index (χ1) is 8.90. The molecule has 0 aromatic rings. The molecule has 0 saturated heterocycles. The van der Waals surface area contributed by atoms with E-state index in [0.29, 0.717) is 6.10 Å². The van der Waals surface area contributed by atoms with Crippen molar-refractivity contribution >= 4 is 29.9 Å². The summed E-state index contributed by atoms with van der Waals surface area (Å²) >= 11 is 0. The van der Waals surface area contributed by atoms with E-state index in [9.17, 15) is 0 Å². The summed E-state index contributed by atoms with van der Waals surface area (Å²) < 4.78 is 5.92. The number of nitrogens with one attached hydrogen (secondary N) is 2. The summed E-state index contributed by atoms with van der Waals surface area (Å²) in [7, 11) is 0. The first-order valence-corrected chi connectivity index (χ1v) is 7.54. The standard InChI is InChI=1S/C14H27N3O.HI/c1-2-18-13(12-6-3-4-7-12)8-11-17-14-15-9-5-10-16-14;/h12-13H,2-11H2,1H3,(H2,15,16,17);1H. The summed E-state index contributed by atoms with van der Waals surface area (Å²) in [5, 5.41) is 6.69. The quantitative estimate of drug-likeness (QED) is 0.696. The van der Waals surface area contributed by atoms with Gasteiger partial charge in [0, 0.05) is 26.2 Å². The predicted molar refractivity (Wildman–Crippen MR) is 90.3 cm³/mol. The zero-order chi connectivity index (χ0) is 12.6. The highest BCUT2D eigenvalue weighted by atomic mass is 127. The molecule has 2 N–H and O–H groups in total. The van der Waals surface area contributed by atoms with E-state index < -0.39 is 0 Å². The lowest BCUT2D eigenvalue weighted by molar-refractivity contribution is 0.0169. The van der Waals surface area contributed by atoms with Crippen LogP contribution in [0.1, 0.15) is 45.4 Å². The molecule has 0 radical (unpaired) electrons. The molecular formula is C14H28IN3O. The van der Waals surface area contributed by atoms with Crippen LogP contribution < -0.4 is 10.6 Å². The van der Waals surface area contributed by atoms with E-state index in [1.165, 1.54) is 25.7 Å². The molecule has 1 unspecified atom stereocenters. The van der Waals surface area contributed by atoms with Crippen molar-refractivity contribution in [2.24, 2.45) is 10.9 Å². The molecule has 1 fully saturated rings. The molecule has 0 aromatic heterocycles. The summed E-state index contributed by atoms with van der Waals surface area (Å²) in [5.74, 6) is 1.76. The van der Waals surface area contributed by atoms with Gasteiger partial charge >= 0.3 is 0 Å². The first kappa shape index (κ1) is 17.0. The van der Waals surface area contributed by atoms with Crippen LogP contribution >= 0.6 is 24.0 Å². The predicted octanol–water partition coefficient (Wildman–Crippen LogP) is 2.53. The van der Waals surface area contributed by atoms with Gasteiger partial charge in [0.2, 0.25) is 0 Å². The van der Waals surface area contributed by atoms with Crippen LogP contribution in [0.4, 0.5) is 0 Å². The van der Waals surface area contributed by atoms with Crippen LogP contribution in [-0.2, 0) is 4.74 Å². The van der Waals surface area contributed by atoms with Crippen LogP contribution in [0, 0.1) is 5.92 Å². The van der Waals surface area contributed by atoms with Crippen LogP contribution in [0.15, 0.2) is 4.99 Å². The molecule has 0 spiro atoms. The van der Waals surface area contributed by atoms with E-state index in [-0.39, 0.29) is 24.0 Å². The van der Waals surface area contributed by atoms with Crippen molar-refractivity contribution in [2.45, 2.75) is 51.6 Å². The lowest BCUT2D eigenvalue weighted by atomic mass is 9.98. The van der Waals surface area contributed by atoms with Crippen molar-refractivity contribution in [1.82, 2.24) is 10.6 Å². The van der Waals surface area contributed by atoms with Gasteiger partial charge < -0.3 is 15.4 Å². The number of ether oxygens (including phenoxy) is 1. The number of hydrogen-bond acceptors (Lipinski definition) is 4. The highest BCUT2D eigenvalue weighted by Gasteiger charge is 2.25. The molecule has 5 heteroatoms. The number of hydrogen-bond donors (Lipinski definition) is 2. The van der Waals surface area contributed by atoms with E-state index in [0.717, 1.165) is 51.0 Å². The Morgan fingerprint density at radius 1 is 1.37 bits per heavy atom. The minimum absolute atomic E-state index is 0. The van der Waals surface area contributed by atoms with Crippen LogP contribution in [-0.4, -0.2) is 38.3 Å². The number of halogens is 1. The third-order valence-corrected chi connectivity index (χ3v) is 3.92. The molecule has 2 aliphatic rings. The molecular weight excluding hydrogens is 353 g/mol. The molecule has 1 heterocycles. The highest BCUT2D eigenvalue weighted by molar-refractivity contribution is 14.0. The molecule has 0 amide bonds. The van der Waals surface area contributed by atoms with Crippen molar-refractivity contribution < 1.29 is 4.74 Å². The van der Waals surface area contributed by atoms with Crippen LogP contribution in [0.25, 0.3) is 0 Å². The van der Waals surface area contributed by atoms with Crippen LogP contribution in [0.2, 0.25) is 0 Å². The Hall–Kier alpha value is -0.0400. The van der Waals surface area contributed by atoms with Crippen molar-refractivity contribution in [3.8, 4) is 0 Å². The molecule has 2 rings (SSSR count). The van der Waals surface area contributed by atoms with Crippen molar-refractivity contribution in [1.29, 1.82) is 0 Å². The summed E-state index contributed by atoms with van der Waals surface area (Å²) in [6, 6.07) is 0. The van der Waals surface area contributed by atoms with Crippen LogP contribution in [0.3, 0.4) is 0 Å². The van der Waals surface area contributed by atoms with Gasteiger partial charge in [-0.3, -0.25) is 4.99 Å². The van der Waals surface area contributed by atoms with Crippen molar-refractivity contribution in [3.05, 3.63) is 0 Å². The smallest absolute Gasteiger partial charge is 0.191 e. The lowest BCUT2D eigenvalue weighted by Gasteiger charge is -2.24. The number of rotatable bonds is 6. The molecule has 0 aromatic carbocycles. The Bertz CT molecular complexity index is 267. The van der Waals surface area contributed by atoms with Gasteiger partial charge in [0.25, 0.3) is 0 Å². The Labute approximate surface area is 134 Å². The van der Waals surface area contributed by atoms with Gasteiger partial charge in [-0.05, 0) is 38.5 Å². The zero-order valence-corrected chi connectivity index (χ0v) is 14.3. The maximum Gasteiger partial charge on any atom is 0.191 e. The van der Waals surface area contributed by atoms with Gasteiger partial charge in [-0.2, -0.15) is 0 Å². The second-order valence-corrected chi connectivity index (χ2v) is 5.26. The SMILES string of the molecule is CCOC(CCNC1=NCCCN1)C1CCCC1.I. The molecule has 4 nitrogen and oxygen atoms in total. The van der Waals surface area contributed by atoms with Gasteiger partial charge in [0.05, 0.1) is 6.10 Å². The summed E-state index contributed by atoms with van der Waals surface area (Å²) in [5.41, 5.74) is 0. The van der Waals surface area contributed by atoms with Crippen LogP contribution in [0.5, 0.6) is 0 Å². The van der Waals surface area contributed by atoms with Gasteiger partial charge in [0.15, 0.2) is 5.96 Å². The fraction of sp³-hybridized carbons (Fsp3) is 0.929. The average molecular weight is 381 g/mol. The molecule has 0 bridgehead atoms. The second kappa shape index (κ2) is 9.80. The number of nitrogens with zero attached hydrogens (tertiary/aromatic N) is 1. The fourth-order valence-corrected chi connectivity index (χ4v) is 2.98. The van der Waals surface area contributed by atoms with Gasteiger partial charge in [-0.15, -0.1) is 24.0 Å². The largest absolute Gasteiger partial charge is 0.378 e. The number of guanidine groups is 1. The monoisotopic (exact) mass is 381 g/mol. The van der Waals surface area contributed by atoms with E-state index in [1.54, 1.807) is 0 Å². The summed E-state index contributed by atoms with van der Waals surface area (Å²) in [4.78, 5) is 4.42. The molecule has 112 valence electrons. The normalized spacial score (nSPS) is 21.2. The third kappa shape index (κ3) is 5.85. The Morgan fingerprint density at radius 2 is 2.16 bits per heavy atom. The number of aliphatic imine (C=N–C) groups is 1. The third-order valence-electron chi connectivity index (χ3n) is 3.92. The second-order valence-electron chi connectivity index (χ2n) is 5.26. The van der Waals surface area contributed by atoms with E-state index >= 15 is 0 Å². The highest BCUT2D eigenvalue weighted by Crippen LogP contribution is 2.30. The maximum atomic E-state index is 5.92. The topological polar surface area (TPSA) is 45.6 Å². The molecule has 19 heavy (non-hydrogen) atoms. The van der Waals surface area contributed by atoms with Crippen molar-refractivity contribution in [3.63, 3.8) is 0 Å². The molecule has 1 saturated carbocycles. The maximum absolute atomic E-state index is 5.92. The van der Waals surface area contributed by atoms with Crippen molar-refractivity contribution in [2.75, 3.05) is 26.2 Å². The summed E-state index contributed by atoms with van der Waals surface area (Å²) in [6.45, 7) is 5.89. The van der Waals surface area contributed by atoms with Gasteiger partial charge in [-0.1, -0.05) is 12.8 Å². The Kier molecular flexibility index (Phi) is 8.77. The summed E-state index contributed by atoms with van der Waals surface area (Å²) in [6.07, 6.45) is 8.15. The molecule has 1 aliphatic heterocycles. The minimum Gasteiger partial charge on any atom is -0.378 e. The zero-order valence-electron chi connectivity index (χ0n) is 12.0. The fourth-order valence-electron chi connectivity index (χ4n) is 2.98. The first-order valence-electron chi connectivity index (χ1n) is 7.54. The average Bonchev–Trinajstić information content (AvgIpc) is 2.93. The van der Waals surface area contributed by atoms with Gasteiger partial charge in [-0.25, -0.2) is 0 Å². The molecule has 1 aliphatic carbocycles. The van der Waals surface area contributed by atoms with Gasteiger partial charge in [0.1, 0.15) is 0 Å². The van der Waals surface area contributed by atoms with E-state index in [2.05, 4.69) is 22.5 Å². The Morgan fingerprint density at radius 3 is 2.79 bits per heavy atom. The van der Waals surface area contributed by atoms with E-state index in [1.807, 2.05) is 0 Å². The minimum atomic E-state index is 0. The van der Waals surface area contributed by atoms with E-state index in [4.69, 9.17) is 4.74 Å². The lowest BCUT2D eigenvalue weighted by Crippen LogP contribution is -2.42.